The number of anilines is 1. The first-order chi connectivity index (χ1) is 13.9. The summed E-state index contributed by atoms with van der Waals surface area (Å²) < 4.78 is 5.69. The van der Waals surface area contributed by atoms with Gasteiger partial charge in [0.2, 0.25) is 0 Å². The summed E-state index contributed by atoms with van der Waals surface area (Å²) in [5, 5.41) is 5.44. The van der Waals surface area contributed by atoms with Crippen LogP contribution in [-0.2, 0) is 5.41 Å². The molecule has 0 aliphatic rings. The van der Waals surface area contributed by atoms with Crippen LogP contribution in [0.3, 0.4) is 0 Å². The van der Waals surface area contributed by atoms with E-state index in [4.69, 9.17) is 4.74 Å². The van der Waals surface area contributed by atoms with Gasteiger partial charge in [-0.15, -0.1) is 11.3 Å². The van der Waals surface area contributed by atoms with Crippen molar-refractivity contribution < 1.29 is 9.53 Å². The minimum atomic E-state index is -0.185. The van der Waals surface area contributed by atoms with Crippen LogP contribution in [0.4, 0.5) is 5.13 Å². The molecule has 1 heterocycles. The molecule has 0 radical (unpaired) electrons. The molecule has 1 aromatic heterocycles. The second kappa shape index (κ2) is 9.23. The lowest BCUT2D eigenvalue weighted by molar-refractivity contribution is 0.102. The van der Waals surface area contributed by atoms with Crippen LogP contribution >= 0.6 is 11.3 Å². The van der Waals surface area contributed by atoms with Gasteiger partial charge in [0, 0.05) is 16.5 Å². The average Bonchev–Trinajstić information content (AvgIpc) is 3.16. The predicted molar refractivity (Wildman–Crippen MR) is 121 cm³/mol. The van der Waals surface area contributed by atoms with E-state index >= 15 is 0 Å². The van der Waals surface area contributed by atoms with Gasteiger partial charge in [-0.05, 0) is 35.6 Å². The molecule has 4 nitrogen and oxygen atoms in total. The maximum atomic E-state index is 12.6. The Morgan fingerprint density at radius 1 is 1.14 bits per heavy atom. The number of hydrogen-bond donors (Lipinski definition) is 1. The topological polar surface area (TPSA) is 51.2 Å². The van der Waals surface area contributed by atoms with Crippen LogP contribution in [-0.4, -0.2) is 17.5 Å². The Morgan fingerprint density at radius 2 is 1.90 bits per heavy atom. The third-order valence-corrected chi connectivity index (χ3v) is 5.39. The number of nitrogens with zero attached hydrogens (tertiary/aromatic N) is 1. The van der Waals surface area contributed by atoms with E-state index in [0.29, 0.717) is 23.1 Å². The summed E-state index contributed by atoms with van der Waals surface area (Å²) in [6.45, 7) is 9.37. The Labute approximate surface area is 177 Å². The van der Waals surface area contributed by atoms with E-state index in [1.807, 2.05) is 17.5 Å². The lowest BCUT2D eigenvalue weighted by Gasteiger charge is -2.18. The van der Waals surface area contributed by atoms with Crippen LogP contribution in [0.15, 0.2) is 53.9 Å². The molecule has 1 N–H and O–H groups in total. The summed E-state index contributed by atoms with van der Waals surface area (Å²) in [5.74, 6) is 0.528. The third-order valence-electron chi connectivity index (χ3n) is 4.63. The molecular formula is C24H28N2O2S. The van der Waals surface area contributed by atoms with Gasteiger partial charge < -0.3 is 4.74 Å². The number of benzene rings is 2. The molecule has 0 bridgehead atoms. The number of nitrogens with one attached hydrogen (secondary N) is 1. The Bertz CT molecular complexity index is 956. The second-order valence-corrected chi connectivity index (χ2v) is 8.91. The van der Waals surface area contributed by atoms with E-state index in [0.717, 1.165) is 24.1 Å². The lowest BCUT2D eigenvalue weighted by Crippen LogP contribution is -2.12. The Hall–Kier alpha value is -2.66. The van der Waals surface area contributed by atoms with Gasteiger partial charge in [-0.25, -0.2) is 4.98 Å². The maximum absolute atomic E-state index is 12.6. The molecule has 0 saturated heterocycles. The molecule has 5 heteroatoms. The fraction of sp³-hybridized carbons (Fsp3) is 0.333. The number of hydrogen-bond acceptors (Lipinski definition) is 4. The van der Waals surface area contributed by atoms with E-state index in [9.17, 15) is 4.79 Å². The molecule has 1 amide bonds. The van der Waals surface area contributed by atoms with E-state index in [1.165, 1.54) is 16.9 Å². The molecule has 0 aliphatic heterocycles. The maximum Gasteiger partial charge on any atom is 0.257 e. The van der Waals surface area contributed by atoms with Gasteiger partial charge in [0.05, 0.1) is 12.3 Å². The van der Waals surface area contributed by atoms with Gasteiger partial charge in [0.25, 0.3) is 5.91 Å². The predicted octanol–water partition coefficient (Wildman–Crippen LogP) is 6.54. The van der Waals surface area contributed by atoms with Gasteiger partial charge in [-0.2, -0.15) is 0 Å². The second-order valence-electron chi connectivity index (χ2n) is 8.05. The standard InChI is InChI=1S/C24H28N2O2S/c1-5-6-14-28-20-9-7-8-18(15-20)22(27)26-23-25-21(16-29-23)17-10-12-19(13-11-17)24(2,3)4/h7-13,15-16H,5-6,14H2,1-4H3,(H,25,26,27). The largest absolute Gasteiger partial charge is 0.494 e. The summed E-state index contributed by atoms with van der Waals surface area (Å²) in [6, 6.07) is 15.7. The van der Waals surface area contributed by atoms with E-state index < -0.39 is 0 Å². The third kappa shape index (κ3) is 5.67. The minimum Gasteiger partial charge on any atom is -0.494 e. The number of rotatable bonds is 7. The van der Waals surface area contributed by atoms with Crippen molar-refractivity contribution in [2.45, 2.75) is 46.0 Å². The molecule has 0 saturated carbocycles. The summed E-state index contributed by atoms with van der Waals surface area (Å²) in [5.41, 5.74) is 3.87. The number of thiazole rings is 1. The molecule has 0 fully saturated rings. The number of unbranched alkanes of at least 4 members (excludes halogenated alkanes) is 1. The van der Waals surface area contributed by atoms with Crippen molar-refractivity contribution in [1.82, 2.24) is 4.98 Å². The van der Waals surface area contributed by atoms with Crippen molar-refractivity contribution in [3.05, 3.63) is 65.0 Å². The van der Waals surface area contributed by atoms with Gasteiger partial charge in [-0.1, -0.05) is 64.4 Å². The fourth-order valence-electron chi connectivity index (χ4n) is 2.84. The van der Waals surface area contributed by atoms with Crippen molar-refractivity contribution in [3.63, 3.8) is 0 Å². The van der Waals surface area contributed by atoms with Gasteiger partial charge in [0.15, 0.2) is 5.13 Å². The van der Waals surface area contributed by atoms with Crippen molar-refractivity contribution in [2.75, 3.05) is 11.9 Å². The molecule has 0 aliphatic carbocycles. The first kappa shape index (κ1) is 21.1. The molecule has 0 atom stereocenters. The fourth-order valence-corrected chi connectivity index (χ4v) is 3.55. The quantitative estimate of drug-likeness (QED) is 0.452. The zero-order valence-corrected chi connectivity index (χ0v) is 18.3. The highest BCUT2D eigenvalue weighted by molar-refractivity contribution is 7.14. The van der Waals surface area contributed by atoms with Gasteiger partial charge in [-0.3, -0.25) is 10.1 Å². The molecule has 3 aromatic rings. The van der Waals surface area contributed by atoms with Crippen molar-refractivity contribution in [1.29, 1.82) is 0 Å². The van der Waals surface area contributed by atoms with E-state index in [-0.39, 0.29) is 11.3 Å². The summed E-state index contributed by atoms with van der Waals surface area (Å²) in [6.07, 6.45) is 2.07. The van der Waals surface area contributed by atoms with Crippen LogP contribution in [0.25, 0.3) is 11.3 Å². The average molecular weight is 409 g/mol. The highest BCUT2D eigenvalue weighted by Crippen LogP contribution is 2.28. The van der Waals surface area contributed by atoms with Crippen molar-refractivity contribution >= 4 is 22.4 Å². The smallest absolute Gasteiger partial charge is 0.257 e. The summed E-state index contributed by atoms with van der Waals surface area (Å²) in [7, 11) is 0. The molecular weight excluding hydrogens is 380 g/mol. The van der Waals surface area contributed by atoms with Crippen molar-refractivity contribution in [2.24, 2.45) is 0 Å². The van der Waals surface area contributed by atoms with Crippen molar-refractivity contribution in [3.8, 4) is 17.0 Å². The molecule has 152 valence electrons. The Kier molecular flexibility index (Phi) is 6.70. The normalized spacial score (nSPS) is 11.3. The van der Waals surface area contributed by atoms with Crippen LogP contribution < -0.4 is 10.1 Å². The Balaban J connectivity index is 1.67. The molecule has 29 heavy (non-hydrogen) atoms. The van der Waals surface area contributed by atoms with Gasteiger partial charge in [0.1, 0.15) is 5.75 Å². The first-order valence-electron chi connectivity index (χ1n) is 9.97. The monoisotopic (exact) mass is 408 g/mol. The highest BCUT2D eigenvalue weighted by atomic mass is 32.1. The summed E-state index contributed by atoms with van der Waals surface area (Å²) >= 11 is 1.42. The van der Waals surface area contributed by atoms with Crippen LogP contribution in [0, 0.1) is 0 Å². The van der Waals surface area contributed by atoms with Crippen LogP contribution in [0.2, 0.25) is 0 Å². The Morgan fingerprint density at radius 3 is 2.59 bits per heavy atom. The summed E-state index contributed by atoms with van der Waals surface area (Å²) in [4.78, 5) is 17.2. The van der Waals surface area contributed by atoms with E-state index in [2.05, 4.69) is 62.3 Å². The number of carbonyl (C=O) groups excluding carboxylic acids is 1. The molecule has 0 spiro atoms. The van der Waals surface area contributed by atoms with Gasteiger partial charge >= 0.3 is 0 Å². The highest BCUT2D eigenvalue weighted by Gasteiger charge is 2.14. The zero-order chi connectivity index (χ0) is 20.9. The molecule has 2 aromatic carbocycles. The molecule has 3 rings (SSSR count). The molecule has 0 unspecified atom stereocenters. The number of aromatic nitrogens is 1. The lowest BCUT2D eigenvalue weighted by atomic mass is 9.86. The van der Waals surface area contributed by atoms with Crippen LogP contribution in [0.1, 0.15) is 56.5 Å². The zero-order valence-electron chi connectivity index (χ0n) is 17.5. The number of amides is 1. The number of ether oxygens (including phenoxy) is 1. The van der Waals surface area contributed by atoms with Crippen LogP contribution in [0.5, 0.6) is 5.75 Å². The number of carbonyl (C=O) groups is 1. The first-order valence-corrected chi connectivity index (χ1v) is 10.9. The SMILES string of the molecule is CCCCOc1cccc(C(=O)Nc2nc(-c3ccc(C(C)(C)C)cc3)cs2)c1. The van der Waals surface area contributed by atoms with E-state index in [1.54, 1.807) is 12.1 Å². The minimum absolute atomic E-state index is 0.120.